The summed E-state index contributed by atoms with van der Waals surface area (Å²) in [6.45, 7) is 8.50. The SMILES string of the molecule is C=C[C@H](CCC1(C)OCCO1)OC(=O)N1CCCC1. The lowest BCUT2D eigenvalue weighted by molar-refractivity contribution is -0.150. The van der Waals surface area contributed by atoms with E-state index < -0.39 is 5.79 Å². The number of carbonyl (C=O) groups excluding carboxylic acids is 1. The molecule has 108 valence electrons. The Kier molecular flexibility index (Phi) is 4.82. The number of amides is 1. The Morgan fingerprint density at radius 1 is 1.42 bits per heavy atom. The predicted molar refractivity (Wildman–Crippen MR) is 70.8 cm³/mol. The van der Waals surface area contributed by atoms with E-state index in [2.05, 4.69) is 6.58 Å². The number of carbonyl (C=O) groups is 1. The average molecular weight is 269 g/mol. The fourth-order valence-corrected chi connectivity index (χ4v) is 2.43. The molecule has 1 amide bonds. The van der Waals surface area contributed by atoms with Crippen LogP contribution in [0.1, 0.15) is 32.6 Å². The maximum Gasteiger partial charge on any atom is 0.410 e. The van der Waals surface area contributed by atoms with Crippen LogP contribution in [0.2, 0.25) is 0 Å². The summed E-state index contributed by atoms with van der Waals surface area (Å²) in [5.74, 6) is -0.540. The first-order valence-corrected chi connectivity index (χ1v) is 6.99. The van der Waals surface area contributed by atoms with E-state index in [-0.39, 0.29) is 12.2 Å². The van der Waals surface area contributed by atoms with Gasteiger partial charge in [-0.15, -0.1) is 0 Å². The standard InChI is InChI=1S/C14H23NO4/c1-3-12(6-7-14(2)17-10-11-18-14)19-13(16)15-8-4-5-9-15/h3,12H,1,4-11H2,2H3/t12-/m1/s1. The van der Waals surface area contributed by atoms with Gasteiger partial charge in [-0.25, -0.2) is 4.79 Å². The van der Waals surface area contributed by atoms with Crippen molar-refractivity contribution in [2.45, 2.75) is 44.5 Å². The zero-order valence-corrected chi connectivity index (χ0v) is 11.6. The molecule has 0 radical (unpaired) electrons. The first-order valence-electron chi connectivity index (χ1n) is 6.99. The van der Waals surface area contributed by atoms with Gasteiger partial charge >= 0.3 is 6.09 Å². The van der Waals surface area contributed by atoms with Gasteiger partial charge in [-0.3, -0.25) is 0 Å². The molecule has 19 heavy (non-hydrogen) atoms. The molecular weight excluding hydrogens is 246 g/mol. The number of hydrogen-bond acceptors (Lipinski definition) is 4. The summed E-state index contributed by atoms with van der Waals surface area (Å²) in [6, 6.07) is 0. The summed E-state index contributed by atoms with van der Waals surface area (Å²) in [7, 11) is 0. The van der Waals surface area contributed by atoms with Crippen LogP contribution in [0.3, 0.4) is 0 Å². The molecule has 0 spiro atoms. The van der Waals surface area contributed by atoms with E-state index in [1.165, 1.54) is 0 Å². The van der Waals surface area contributed by atoms with Crippen LogP contribution in [0.5, 0.6) is 0 Å². The van der Waals surface area contributed by atoms with Crippen molar-refractivity contribution in [3.8, 4) is 0 Å². The van der Waals surface area contributed by atoms with Crippen molar-refractivity contribution >= 4 is 6.09 Å². The van der Waals surface area contributed by atoms with E-state index in [0.29, 0.717) is 26.1 Å². The van der Waals surface area contributed by atoms with Gasteiger partial charge in [0.05, 0.1) is 13.2 Å². The molecule has 2 aliphatic heterocycles. The van der Waals surface area contributed by atoms with E-state index in [1.807, 2.05) is 6.92 Å². The van der Waals surface area contributed by atoms with Gasteiger partial charge in [-0.1, -0.05) is 12.7 Å². The Balaban J connectivity index is 1.76. The van der Waals surface area contributed by atoms with Gasteiger partial charge in [-0.2, -0.15) is 0 Å². The van der Waals surface area contributed by atoms with Crippen LogP contribution in [0.25, 0.3) is 0 Å². The molecule has 2 aliphatic rings. The van der Waals surface area contributed by atoms with Gasteiger partial charge in [0, 0.05) is 19.5 Å². The average Bonchev–Trinajstić information content (AvgIpc) is 3.06. The van der Waals surface area contributed by atoms with Crippen LogP contribution in [0.4, 0.5) is 4.79 Å². The largest absolute Gasteiger partial charge is 0.442 e. The van der Waals surface area contributed by atoms with Crippen LogP contribution >= 0.6 is 0 Å². The Hall–Kier alpha value is -1.07. The number of hydrogen-bond donors (Lipinski definition) is 0. The lowest BCUT2D eigenvalue weighted by Gasteiger charge is -2.25. The topological polar surface area (TPSA) is 48.0 Å². The summed E-state index contributed by atoms with van der Waals surface area (Å²) in [6.07, 6.45) is 4.64. The van der Waals surface area contributed by atoms with Gasteiger partial charge < -0.3 is 19.1 Å². The fraction of sp³-hybridized carbons (Fsp3) is 0.786. The Morgan fingerprint density at radius 3 is 2.63 bits per heavy atom. The molecule has 0 aromatic carbocycles. The Labute approximate surface area is 114 Å². The Bertz CT molecular complexity index is 319. The van der Waals surface area contributed by atoms with Crippen molar-refractivity contribution in [3.05, 3.63) is 12.7 Å². The molecule has 1 atom stereocenters. The van der Waals surface area contributed by atoms with Crippen molar-refractivity contribution < 1.29 is 19.0 Å². The minimum absolute atomic E-state index is 0.235. The molecule has 5 heteroatoms. The monoisotopic (exact) mass is 269 g/mol. The molecule has 2 rings (SSSR count). The minimum atomic E-state index is -0.540. The molecule has 0 bridgehead atoms. The molecule has 2 fully saturated rings. The van der Waals surface area contributed by atoms with Crippen LogP contribution in [-0.2, 0) is 14.2 Å². The summed E-state index contributed by atoms with van der Waals surface area (Å²) in [5, 5.41) is 0. The number of nitrogens with zero attached hydrogens (tertiary/aromatic N) is 1. The molecule has 0 unspecified atom stereocenters. The second kappa shape index (κ2) is 6.39. The molecule has 2 saturated heterocycles. The maximum atomic E-state index is 11.9. The zero-order chi connectivity index (χ0) is 13.7. The third-order valence-electron chi connectivity index (χ3n) is 3.66. The second-order valence-electron chi connectivity index (χ2n) is 5.22. The highest BCUT2D eigenvalue weighted by Gasteiger charge is 2.32. The molecule has 0 N–H and O–H groups in total. The maximum absolute atomic E-state index is 11.9. The van der Waals surface area contributed by atoms with Crippen molar-refractivity contribution in [2.75, 3.05) is 26.3 Å². The summed E-state index contributed by atoms with van der Waals surface area (Å²) >= 11 is 0. The van der Waals surface area contributed by atoms with Gasteiger partial charge in [0.15, 0.2) is 5.79 Å². The molecular formula is C14H23NO4. The normalized spacial score (nSPS) is 23.3. The van der Waals surface area contributed by atoms with Crippen LogP contribution < -0.4 is 0 Å². The lowest BCUT2D eigenvalue weighted by atomic mass is 10.1. The van der Waals surface area contributed by atoms with Gasteiger partial charge in [0.25, 0.3) is 0 Å². The van der Waals surface area contributed by atoms with Crippen molar-refractivity contribution in [1.82, 2.24) is 4.90 Å². The van der Waals surface area contributed by atoms with E-state index in [0.717, 1.165) is 25.9 Å². The van der Waals surface area contributed by atoms with E-state index in [4.69, 9.17) is 14.2 Å². The first kappa shape index (κ1) is 14.3. The lowest BCUT2D eigenvalue weighted by Crippen LogP contribution is -2.33. The molecule has 0 aromatic rings. The smallest absolute Gasteiger partial charge is 0.410 e. The fourth-order valence-electron chi connectivity index (χ4n) is 2.43. The number of ether oxygens (including phenoxy) is 3. The summed E-state index contributed by atoms with van der Waals surface area (Å²) in [5.41, 5.74) is 0. The molecule has 0 aromatic heterocycles. The number of likely N-dealkylation sites (tertiary alicyclic amines) is 1. The van der Waals surface area contributed by atoms with Gasteiger partial charge in [0.1, 0.15) is 6.10 Å². The van der Waals surface area contributed by atoms with Gasteiger partial charge in [-0.05, 0) is 26.2 Å². The number of rotatable bonds is 5. The minimum Gasteiger partial charge on any atom is -0.442 e. The molecule has 2 heterocycles. The first-order chi connectivity index (χ1) is 9.13. The van der Waals surface area contributed by atoms with Crippen molar-refractivity contribution in [2.24, 2.45) is 0 Å². The predicted octanol–water partition coefficient (Wildman–Crippen LogP) is 2.32. The second-order valence-corrected chi connectivity index (χ2v) is 5.22. The van der Waals surface area contributed by atoms with Crippen LogP contribution in [0, 0.1) is 0 Å². The van der Waals surface area contributed by atoms with E-state index in [1.54, 1.807) is 11.0 Å². The molecule has 0 saturated carbocycles. The third-order valence-corrected chi connectivity index (χ3v) is 3.66. The zero-order valence-electron chi connectivity index (χ0n) is 11.6. The summed E-state index contributed by atoms with van der Waals surface area (Å²) < 4.78 is 16.5. The Morgan fingerprint density at radius 2 is 2.05 bits per heavy atom. The highest BCUT2D eigenvalue weighted by Crippen LogP contribution is 2.25. The highest BCUT2D eigenvalue weighted by atomic mass is 16.7. The van der Waals surface area contributed by atoms with Crippen molar-refractivity contribution in [1.29, 1.82) is 0 Å². The van der Waals surface area contributed by atoms with Gasteiger partial charge in [0.2, 0.25) is 0 Å². The molecule has 0 aliphatic carbocycles. The van der Waals surface area contributed by atoms with Crippen molar-refractivity contribution in [3.63, 3.8) is 0 Å². The highest BCUT2D eigenvalue weighted by molar-refractivity contribution is 5.68. The van der Waals surface area contributed by atoms with Crippen LogP contribution in [0.15, 0.2) is 12.7 Å². The quantitative estimate of drug-likeness (QED) is 0.719. The summed E-state index contributed by atoms with van der Waals surface area (Å²) in [4.78, 5) is 13.6. The van der Waals surface area contributed by atoms with Crippen LogP contribution in [-0.4, -0.2) is 49.2 Å². The molecule has 5 nitrogen and oxygen atoms in total. The van der Waals surface area contributed by atoms with E-state index in [9.17, 15) is 4.79 Å². The third kappa shape index (κ3) is 3.94. The van der Waals surface area contributed by atoms with E-state index >= 15 is 0 Å².